The summed E-state index contributed by atoms with van der Waals surface area (Å²) < 4.78 is 13.3. The molecule has 110 valence electrons. The van der Waals surface area contributed by atoms with Gasteiger partial charge in [-0.3, -0.25) is 0 Å². The predicted octanol–water partition coefficient (Wildman–Crippen LogP) is 4.09. The van der Waals surface area contributed by atoms with E-state index in [1.54, 1.807) is 12.1 Å². The van der Waals surface area contributed by atoms with Gasteiger partial charge in [0.1, 0.15) is 11.6 Å². The van der Waals surface area contributed by atoms with Gasteiger partial charge < -0.3 is 10.6 Å². The van der Waals surface area contributed by atoms with Gasteiger partial charge in [0.15, 0.2) is 0 Å². The molecule has 3 aromatic rings. The molecule has 0 radical (unpaired) electrons. The van der Waals surface area contributed by atoms with Crippen LogP contribution < -0.4 is 10.6 Å². The van der Waals surface area contributed by atoms with Crippen molar-refractivity contribution in [3.63, 3.8) is 0 Å². The van der Waals surface area contributed by atoms with Crippen molar-refractivity contribution in [1.82, 2.24) is 9.97 Å². The minimum absolute atomic E-state index is 0.290. The third-order valence-electron chi connectivity index (χ3n) is 3.60. The van der Waals surface area contributed by atoms with E-state index in [-0.39, 0.29) is 5.82 Å². The molecular formula is C17H15FN4. The SMILES string of the molecule is Fc1cccc(Nc2nc(NC3CC3)c3ccccc3n2)c1. The van der Waals surface area contributed by atoms with Crippen LogP contribution in [-0.4, -0.2) is 16.0 Å². The van der Waals surface area contributed by atoms with Gasteiger partial charge in [0.25, 0.3) is 0 Å². The molecule has 0 unspecified atom stereocenters. The molecule has 5 heteroatoms. The maximum Gasteiger partial charge on any atom is 0.229 e. The highest BCUT2D eigenvalue weighted by molar-refractivity contribution is 5.90. The van der Waals surface area contributed by atoms with Gasteiger partial charge in [0.05, 0.1) is 5.52 Å². The van der Waals surface area contributed by atoms with E-state index >= 15 is 0 Å². The normalized spacial score (nSPS) is 14.0. The van der Waals surface area contributed by atoms with E-state index in [9.17, 15) is 4.39 Å². The van der Waals surface area contributed by atoms with Crippen LogP contribution in [0.1, 0.15) is 12.8 Å². The van der Waals surface area contributed by atoms with Crippen LogP contribution in [0, 0.1) is 5.82 Å². The van der Waals surface area contributed by atoms with Crippen LogP contribution in [0.15, 0.2) is 48.5 Å². The van der Waals surface area contributed by atoms with Gasteiger partial charge in [0.2, 0.25) is 5.95 Å². The summed E-state index contributed by atoms with van der Waals surface area (Å²) in [7, 11) is 0. The van der Waals surface area contributed by atoms with Gasteiger partial charge in [-0.15, -0.1) is 0 Å². The first-order valence-corrected chi connectivity index (χ1v) is 7.34. The summed E-state index contributed by atoms with van der Waals surface area (Å²) in [5.74, 6) is 1.00. The minimum atomic E-state index is -0.290. The number of rotatable bonds is 4. The molecule has 1 aromatic heterocycles. The Labute approximate surface area is 127 Å². The summed E-state index contributed by atoms with van der Waals surface area (Å²) in [6.45, 7) is 0. The summed E-state index contributed by atoms with van der Waals surface area (Å²) in [6.07, 6.45) is 2.34. The molecule has 0 spiro atoms. The maximum atomic E-state index is 13.3. The van der Waals surface area contributed by atoms with Crippen molar-refractivity contribution in [3.8, 4) is 0 Å². The van der Waals surface area contributed by atoms with Crippen molar-refractivity contribution in [2.24, 2.45) is 0 Å². The molecule has 4 nitrogen and oxygen atoms in total. The predicted molar refractivity (Wildman–Crippen MR) is 85.9 cm³/mol. The van der Waals surface area contributed by atoms with Crippen LogP contribution in [0.2, 0.25) is 0 Å². The lowest BCUT2D eigenvalue weighted by Gasteiger charge is -2.11. The number of aromatic nitrogens is 2. The smallest absolute Gasteiger partial charge is 0.229 e. The highest BCUT2D eigenvalue weighted by Crippen LogP contribution is 2.29. The van der Waals surface area contributed by atoms with Gasteiger partial charge in [-0.1, -0.05) is 18.2 Å². The second kappa shape index (κ2) is 5.26. The summed E-state index contributed by atoms with van der Waals surface area (Å²) in [5.41, 5.74) is 1.49. The zero-order valence-corrected chi connectivity index (χ0v) is 11.9. The largest absolute Gasteiger partial charge is 0.367 e. The maximum absolute atomic E-state index is 13.3. The third kappa shape index (κ3) is 2.70. The zero-order valence-electron chi connectivity index (χ0n) is 11.9. The number of nitrogens with one attached hydrogen (secondary N) is 2. The number of halogens is 1. The Morgan fingerprint density at radius 3 is 2.68 bits per heavy atom. The standard InChI is InChI=1S/C17H15FN4/c18-11-4-3-5-13(10-11)20-17-21-15-7-2-1-6-14(15)16(22-17)19-12-8-9-12/h1-7,10,12H,8-9H2,(H2,19,20,21,22). The Hall–Kier alpha value is -2.69. The second-order valence-corrected chi connectivity index (χ2v) is 5.47. The monoisotopic (exact) mass is 294 g/mol. The van der Waals surface area contributed by atoms with E-state index in [1.807, 2.05) is 24.3 Å². The van der Waals surface area contributed by atoms with Crippen molar-refractivity contribution < 1.29 is 4.39 Å². The number of fused-ring (bicyclic) bond motifs is 1. The van der Waals surface area contributed by atoms with E-state index in [2.05, 4.69) is 20.6 Å². The molecule has 0 amide bonds. The summed E-state index contributed by atoms with van der Waals surface area (Å²) in [5, 5.41) is 7.50. The molecule has 0 bridgehead atoms. The van der Waals surface area contributed by atoms with E-state index < -0.39 is 0 Å². The molecule has 22 heavy (non-hydrogen) atoms. The summed E-state index contributed by atoms with van der Waals surface area (Å²) >= 11 is 0. The quantitative estimate of drug-likeness (QED) is 0.761. The minimum Gasteiger partial charge on any atom is -0.367 e. The number of hydrogen-bond donors (Lipinski definition) is 2. The molecule has 0 atom stereocenters. The first-order chi connectivity index (χ1) is 10.8. The first-order valence-electron chi connectivity index (χ1n) is 7.34. The van der Waals surface area contributed by atoms with E-state index in [1.165, 1.54) is 25.0 Å². The number of hydrogen-bond acceptors (Lipinski definition) is 4. The van der Waals surface area contributed by atoms with Gasteiger partial charge in [-0.05, 0) is 43.2 Å². The lowest BCUT2D eigenvalue weighted by Crippen LogP contribution is -2.07. The van der Waals surface area contributed by atoms with Crippen molar-refractivity contribution >= 4 is 28.4 Å². The van der Waals surface area contributed by atoms with E-state index in [0.29, 0.717) is 17.7 Å². The Balaban J connectivity index is 1.73. The average molecular weight is 294 g/mol. The molecule has 0 saturated heterocycles. The fraction of sp³-hybridized carbons (Fsp3) is 0.176. The molecule has 1 fully saturated rings. The van der Waals surface area contributed by atoms with Crippen LogP contribution in [0.25, 0.3) is 10.9 Å². The van der Waals surface area contributed by atoms with Crippen LogP contribution >= 0.6 is 0 Å². The van der Waals surface area contributed by atoms with Crippen LogP contribution in [0.3, 0.4) is 0 Å². The summed E-state index contributed by atoms with van der Waals surface area (Å²) in [6, 6.07) is 14.7. The van der Waals surface area contributed by atoms with Crippen molar-refractivity contribution in [2.45, 2.75) is 18.9 Å². The van der Waals surface area contributed by atoms with Gasteiger partial charge >= 0.3 is 0 Å². The van der Waals surface area contributed by atoms with Gasteiger partial charge in [0, 0.05) is 17.1 Å². The van der Waals surface area contributed by atoms with Gasteiger partial charge in [-0.2, -0.15) is 4.98 Å². The van der Waals surface area contributed by atoms with Crippen molar-refractivity contribution in [2.75, 3.05) is 10.6 Å². The average Bonchev–Trinajstić information content (AvgIpc) is 3.31. The van der Waals surface area contributed by atoms with Crippen LogP contribution in [0.4, 0.5) is 21.8 Å². The molecule has 0 aliphatic heterocycles. The molecule has 1 saturated carbocycles. The summed E-state index contributed by atoms with van der Waals surface area (Å²) in [4.78, 5) is 9.05. The topological polar surface area (TPSA) is 49.8 Å². The first kappa shape index (κ1) is 13.0. The number of nitrogens with zero attached hydrogens (tertiary/aromatic N) is 2. The number of para-hydroxylation sites is 1. The molecule has 1 aliphatic carbocycles. The molecule has 2 aromatic carbocycles. The third-order valence-corrected chi connectivity index (χ3v) is 3.60. The van der Waals surface area contributed by atoms with E-state index in [4.69, 9.17) is 0 Å². The van der Waals surface area contributed by atoms with Gasteiger partial charge in [-0.25, -0.2) is 9.37 Å². The Bertz CT molecular complexity index is 830. The van der Waals surface area contributed by atoms with Crippen molar-refractivity contribution in [3.05, 3.63) is 54.3 Å². The van der Waals surface area contributed by atoms with E-state index in [0.717, 1.165) is 16.7 Å². The number of benzene rings is 2. The highest BCUT2D eigenvalue weighted by Gasteiger charge is 2.22. The fourth-order valence-corrected chi connectivity index (χ4v) is 2.36. The van der Waals surface area contributed by atoms with Crippen molar-refractivity contribution in [1.29, 1.82) is 0 Å². The zero-order chi connectivity index (χ0) is 14.9. The molecule has 4 rings (SSSR count). The number of anilines is 3. The molecule has 2 N–H and O–H groups in total. The second-order valence-electron chi connectivity index (χ2n) is 5.47. The highest BCUT2D eigenvalue weighted by atomic mass is 19.1. The molecular weight excluding hydrogens is 279 g/mol. The lowest BCUT2D eigenvalue weighted by atomic mass is 10.2. The molecule has 1 heterocycles. The lowest BCUT2D eigenvalue weighted by molar-refractivity contribution is 0.628. The van der Waals surface area contributed by atoms with Crippen LogP contribution in [0.5, 0.6) is 0 Å². The fourth-order valence-electron chi connectivity index (χ4n) is 2.36. The molecule has 1 aliphatic rings. The van der Waals surface area contributed by atoms with Crippen LogP contribution in [-0.2, 0) is 0 Å². The Morgan fingerprint density at radius 1 is 1.00 bits per heavy atom. The Morgan fingerprint density at radius 2 is 1.86 bits per heavy atom. The Kier molecular flexibility index (Phi) is 3.11.